The summed E-state index contributed by atoms with van der Waals surface area (Å²) in [5.41, 5.74) is 0.551. The minimum atomic E-state index is 0.551. The molecule has 1 aliphatic heterocycles. The summed E-state index contributed by atoms with van der Waals surface area (Å²) in [6.45, 7) is 10.7. The SMILES string of the molecule is CC1CNCC1CNC1CCC1(C)C. The molecule has 0 spiro atoms. The first kappa shape index (κ1) is 10.4. The van der Waals surface area contributed by atoms with E-state index in [0.29, 0.717) is 5.41 Å². The molecule has 2 nitrogen and oxygen atoms in total. The number of nitrogens with one attached hydrogen (secondary N) is 2. The molecule has 1 saturated carbocycles. The fraction of sp³-hybridized carbons (Fsp3) is 1.00. The molecule has 82 valence electrons. The Kier molecular flexibility index (Phi) is 2.85. The van der Waals surface area contributed by atoms with Gasteiger partial charge < -0.3 is 10.6 Å². The highest BCUT2D eigenvalue weighted by atomic mass is 15.0. The molecular weight excluding hydrogens is 172 g/mol. The monoisotopic (exact) mass is 196 g/mol. The van der Waals surface area contributed by atoms with Gasteiger partial charge >= 0.3 is 0 Å². The van der Waals surface area contributed by atoms with Crippen molar-refractivity contribution in [1.29, 1.82) is 0 Å². The van der Waals surface area contributed by atoms with Gasteiger partial charge in [0.15, 0.2) is 0 Å². The number of hydrogen-bond acceptors (Lipinski definition) is 2. The second kappa shape index (κ2) is 3.82. The maximum atomic E-state index is 3.74. The molecule has 14 heavy (non-hydrogen) atoms. The van der Waals surface area contributed by atoms with E-state index >= 15 is 0 Å². The Bertz CT molecular complexity index is 198. The Morgan fingerprint density at radius 3 is 2.57 bits per heavy atom. The van der Waals surface area contributed by atoms with E-state index in [-0.39, 0.29) is 0 Å². The van der Waals surface area contributed by atoms with Gasteiger partial charge in [0.2, 0.25) is 0 Å². The maximum absolute atomic E-state index is 3.74. The molecule has 0 aromatic carbocycles. The van der Waals surface area contributed by atoms with E-state index in [2.05, 4.69) is 31.4 Å². The van der Waals surface area contributed by atoms with E-state index < -0.39 is 0 Å². The lowest BCUT2D eigenvalue weighted by molar-refractivity contribution is 0.104. The molecule has 2 N–H and O–H groups in total. The Morgan fingerprint density at radius 2 is 2.14 bits per heavy atom. The second-order valence-corrected chi connectivity index (χ2v) is 5.88. The standard InChI is InChI=1S/C12H24N2/c1-9-6-13-7-10(9)8-14-11-4-5-12(11,2)3/h9-11,13-14H,4-8H2,1-3H3. The van der Waals surface area contributed by atoms with Crippen LogP contribution in [0.5, 0.6) is 0 Å². The van der Waals surface area contributed by atoms with Gasteiger partial charge in [-0.1, -0.05) is 20.8 Å². The lowest BCUT2D eigenvalue weighted by Crippen LogP contribution is -2.51. The first-order valence-corrected chi connectivity index (χ1v) is 6.04. The molecule has 2 rings (SSSR count). The van der Waals surface area contributed by atoms with Crippen LogP contribution < -0.4 is 10.6 Å². The van der Waals surface area contributed by atoms with Gasteiger partial charge in [-0.25, -0.2) is 0 Å². The van der Waals surface area contributed by atoms with Crippen LogP contribution in [0.25, 0.3) is 0 Å². The highest BCUT2D eigenvalue weighted by molar-refractivity contribution is 4.95. The van der Waals surface area contributed by atoms with Crippen LogP contribution in [-0.2, 0) is 0 Å². The zero-order valence-corrected chi connectivity index (χ0v) is 9.77. The molecule has 1 heterocycles. The van der Waals surface area contributed by atoms with Crippen LogP contribution in [0.2, 0.25) is 0 Å². The lowest BCUT2D eigenvalue weighted by atomic mass is 9.67. The molecule has 0 aromatic heterocycles. The average Bonchev–Trinajstić information content (AvgIpc) is 2.50. The summed E-state index contributed by atoms with van der Waals surface area (Å²) in [5, 5.41) is 7.20. The van der Waals surface area contributed by atoms with Crippen molar-refractivity contribution in [3.63, 3.8) is 0 Å². The van der Waals surface area contributed by atoms with Crippen LogP contribution in [0, 0.1) is 17.3 Å². The van der Waals surface area contributed by atoms with E-state index in [1.807, 2.05) is 0 Å². The Morgan fingerprint density at radius 1 is 1.36 bits per heavy atom. The molecular formula is C12H24N2. The van der Waals surface area contributed by atoms with Crippen LogP contribution in [-0.4, -0.2) is 25.7 Å². The molecule has 1 saturated heterocycles. The fourth-order valence-corrected chi connectivity index (χ4v) is 2.68. The Hall–Kier alpha value is -0.0800. The zero-order valence-electron chi connectivity index (χ0n) is 9.77. The van der Waals surface area contributed by atoms with Gasteiger partial charge in [0, 0.05) is 6.04 Å². The van der Waals surface area contributed by atoms with E-state index in [1.165, 1.54) is 32.5 Å². The van der Waals surface area contributed by atoms with Gasteiger partial charge in [-0.05, 0) is 49.7 Å². The summed E-state index contributed by atoms with van der Waals surface area (Å²) in [4.78, 5) is 0. The van der Waals surface area contributed by atoms with E-state index in [4.69, 9.17) is 0 Å². The number of hydrogen-bond donors (Lipinski definition) is 2. The van der Waals surface area contributed by atoms with Gasteiger partial charge in [0.05, 0.1) is 0 Å². The summed E-state index contributed by atoms with van der Waals surface area (Å²) < 4.78 is 0. The minimum Gasteiger partial charge on any atom is -0.316 e. The van der Waals surface area contributed by atoms with Gasteiger partial charge in [-0.15, -0.1) is 0 Å². The molecule has 0 radical (unpaired) electrons. The van der Waals surface area contributed by atoms with Crippen LogP contribution in [0.1, 0.15) is 33.6 Å². The highest BCUT2D eigenvalue weighted by Crippen LogP contribution is 2.40. The van der Waals surface area contributed by atoms with E-state index in [1.54, 1.807) is 0 Å². The largest absolute Gasteiger partial charge is 0.316 e. The van der Waals surface area contributed by atoms with E-state index in [0.717, 1.165) is 17.9 Å². The topological polar surface area (TPSA) is 24.1 Å². The first-order valence-electron chi connectivity index (χ1n) is 6.04. The molecule has 2 fully saturated rings. The van der Waals surface area contributed by atoms with Crippen molar-refractivity contribution in [3.05, 3.63) is 0 Å². The van der Waals surface area contributed by atoms with Crippen molar-refractivity contribution in [1.82, 2.24) is 10.6 Å². The fourth-order valence-electron chi connectivity index (χ4n) is 2.68. The van der Waals surface area contributed by atoms with Crippen molar-refractivity contribution in [2.75, 3.05) is 19.6 Å². The molecule has 0 bridgehead atoms. The summed E-state index contributed by atoms with van der Waals surface area (Å²) in [7, 11) is 0. The van der Waals surface area contributed by atoms with Crippen LogP contribution in [0.3, 0.4) is 0 Å². The third-order valence-corrected chi connectivity index (χ3v) is 4.32. The van der Waals surface area contributed by atoms with Crippen molar-refractivity contribution in [2.24, 2.45) is 17.3 Å². The van der Waals surface area contributed by atoms with Crippen LogP contribution in [0.15, 0.2) is 0 Å². The summed E-state index contributed by atoms with van der Waals surface area (Å²) >= 11 is 0. The lowest BCUT2D eigenvalue weighted by Gasteiger charge is -2.45. The van der Waals surface area contributed by atoms with Gasteiger partial charge in [0.25, 0.3) is 0 Å². The van der Waals surface area contributed by atoms with Crippen molar-refractivity contribution >= 4 is 0 Å². The van der Waals surface area contributed by atoms with Crippen LogP contribution in [0.4, 0.5) is 0 Å². The average molecular weight is 196 g/mol. The molecule has 3 atom stereocenters. The third kappa shape index (κ3) is 1.96. The minimum absolute atomic E-state index is 0.551. The molecule has 0 aromatic rings. The second-order valence-electron chi connectivity index (χ2n) is 5.88. The van der Waals surface area contributed by atoms with E-state index in [9.17, 15) is 0 Å². The van der Waals surface area contributed by atoms with Gasteiger partial charge in [-0.3, -0.25) is 0 Å². The van der Waals surface area contributed by atoms with Crippen molar-refractivity contribution in [3.8, 4) is 0 Å². The summed E-state index contributed by atoms with van der Waals surface area (Å²) in [6.07, 6.45) is 2.77. The third-order valence-electron chi connectivity index (χ3n) is 4.32. The van der Waals surface area contributed by atoms with Gasteiger partial charge in [0.1, 0.15) is 0 Å². The molecule has 1 aliphatic carbocycles. The molecule has 2 aliphatic rings. The molecule has 0 amide bonds. The predicted molar refractivity (Wildman–Crippen MR) is 60.3 cm³/mol. The normalized spacial score (nSPS) is 40.9. The number of rotatable bonds is 3. The predicted octanol–water partition coefficient (Wildman–Crippen LogP) is 1.62. The van der Waals surface area contributed by atoms with Crippen molar-refractivity contribution in [2.45, 2.75) is 39.7 Å². The van der Waals surface area contributed by atoms with Crippen LogP contribution >= 0.6 is 0 Å². The molecule has 3 unspecified atom stereocenters. The quantitative estimate of drug-likeness (QED) is 0.717. The summed E-state index contributed by atoms with van der Waals surface area (Å²) in [6, 6.07) is 0.773. The Labute approximate surface area is 87.8 Å². The maximum Gasteiger partial charge on any atom is 0.0119 e. The summed E-state index contributed by atoms with van der Waals surface area (Å²) in [5.74, 6) is 1.71. The van der Waals surface area contributed by atoms with Gasteiger partial charge in [-0.2, -0.15) is 0 Å². The first-order chi connectivity index (χ1) is 6.59. The highest BCUT2D eigenvalue weighted by Gasteiger charge is 2.38. The smallest absolute Gasteiger partial charge is 0.0119 e. The zero-order chi connectivity index (χ0) is 10.2. The molecule has 2 heteroatoms. The van der Waals surface area contributed by atoms with Crippen molar-refractivity contribution < 1.29 is 0 Å². The Balaban J connectivity index is 1.72.